The predicted octanol–water partition coefficient (Wildman–Crippen LogP) is 1.62. The highest BCUT2D eigenvalue weighted by atomic mass is 19.4. The Hall–Kier alpha value is -0.750. The molecule has 1 atom stereocenters. The molecule has 3 nitrogen and oxygen atoms in total. The van der Waals surface area contributed by atoms with Gasteiger partial charge < -0.3 is 14.6 Å². The Bertz CT molecular complexity index is 225. The monoisotopic (exact) mass is 226 g/mol. The number of halogens is 3. The largest absolute Gasteiger partial charge is 0.501 e. The van der Waals surface area contributed by atoms with Crippen molar-refractivity contribution in [3.05, 3.63) is 11.8 Å². The minimum atomic E-state index is -4.35. The Balaban J connectivity index is 2.23. The molecule has 88 valence electrons. The van der Waals surface area contributed by atoms with Crippen molar-refractivity contribution in [2.24, 2.45) is 0 Å². The maximum atomic E-state index is 11.7. The minimum absolute atomic E-state index is 0.352. The highest BCUT2D eigenvalue weighted by molar-refractivity contribution is 5.06. The van der Waals surface area contributed by atoms with Crippen LogP contribution in [0.5, 0.6) is 0 Å². The smallest absolute Gasteiger partial charge is 0.411 e. The van der Waals surface area contributed by atoms with Crippen molar-refractivity contribution in [3.8, 4) is 0 Å². The molecule has 0 amide bonds. The van der Waals surface area contributed by atoms with Crippen molar-refractivity contribution in [2.75, 3.05) is 19.8 Å². The number of alkyl halides is 3. The van der Waals surface area contributed by atoms with Crippen molar-refractivity contribution < 1.29 is 27.8 Å². The number of hydrogen-bond donors (Lipinski definition) is 1. The highest BCUT2D eigenvalue weighted by Crippen LogP contribution is 2.18. The lowest BCUT2D eigenvalue weighted by molar-refractivity contribution is -0.178. The van der Waals surface area contributed by atoms with Crippen molar-refractivity contribution in [1.29, 1.82) is 0 Å². The fraction of sp³-hybridized carbons (Fsp3) is 0.778. The van der Waals surface area contributed by atoms with Gasteiger partial charge >= 0.3 is 6.18 Å². The summed E-state index contributed by atoms with van der Waals surface area (Å²) in [4.78, 5) is 0. The van der Waals surface area contributed by atoms with E-state index in [-0.39, 0.29) is 6.61 Å². The molecule has 6 heteroatoms. The van der Waals surface area contributed by atoms with Crippen LogP contribution in [-0.4, -0.2) is 37.2 Å². The first-order valence-electron chi connectivity index (χ1n) is 4.62. The van der Waals surface area contributed by atoms with Gasteiger partial charge in [-0.05, 0) is 18.4 Å². The first-order valence-corrected chi connectivity index (χ1v) is 4.62. The standard InChI is InChI=1S/C9H13F3O3/c10-9(11,12)6-15-5-8(13)7-2-1-3-14-4-7/h4,8,13H,1-3,5-6H2. The van der Waals surface area contributed by atoms with Gasteiger partial charge in [-0.1, -0.05) is 0 Å². The lowest BCUT2D eigenvalue weighted by atomic mass is 10.1. The summed E-state index contributed by atoms with van der Waals surface area (Å²) in [5.74, 6) is 0. The van der Waals surface area contributed by atoms with E-state index in [0.29, 0.717) is 18.6 Å². The average molecular weight is 226 g/mol. The Kier molecular flexibility index (Phi) is 4.41. The average Bonchev–Trinajstić information content (AvgIpc) is 2.17. The van der Waals surface area contributed by atoms with Gasteiger partial charge in [0.25, 0.3) is 0 Å². The Morgan fingerprint density at radius 1 is 1.53 bits per heavy atom. The molecule has 0 radical (unpaired) electrons. The molecular weight excluding hydrogens is 213 g/mol. The number of rotatable bonds is 4. The lowest BCUT2D eigenvalue weighted by Crippen LogP contribution is -2.25. The molecule has 1 heterocycles. The Labute approximate surface area is 85.5 Å². The lowest BCUT2D eigenvalue weighted by Gasteiger charge is -2.19. The van der Waals surface area contributed by atoms with Crippen LogP contribution in [-0.2, 0) is 9.47 Å². The molecule has 1 rings (SSSR count). The van der Waals surface area contributed by atoms with Gasteiger partial charge in [-0.15, -0.1) is 0 Å². The van der Waals surface area contributed by atoms with E-state index in [1.165, 1.54) is 6.26 Å². The second-order valence-electron chi connectivity index (χ2n) is 3.31. The van der Waals surface area contributed by atoms with Crippen LogP contribution in [0.4, 0.5) is 13.2 Å². The van der Waals surface area contributed by atoms with Crippen LogP contribution < -0.4 is 0 Å². The third kappa shape index (κ3) is 5.03. The number of aliphatic hydroxyl groups excluding tert-OH is 1. The van der Waals surface area contributed by atoms with Crippen LogP contribution in [0.2, 0.25) is 0 Å². The van der Waals surface area contributed by atoms with Crippen LogP contribution in [0, 0.1) is 0 Å². The molecule has 0 saturated heterocycles. The molecule has 0 fully saturated rings. The summed E-state index contributed by atoms with van der Waals surface area (Å²) >= 11 is 0. The maximum absolute atomic E-state index is 11.7. The first kappa shape index (κ1) is 12.3. The SMILES string of the molecule is OC(COCC(F)(F)F)C1=COCCC1. The van der Waals surface area contributed by atoms with E-state index >= 15 is 0 Å². The summed E-state index contributed by atoms with van der Waals surface area (Å²) < 4.78 is 44.4. The van der Waals surface area contributed by atoms with Crippen LogP contribution >= 0.6 is 0 Å². The molecule has 0 aromatic rings. The molecule has 1 aliphatic rings. The van der Waals surface area contributed by atoms with E-state index in [2.05, 4.69) is 4.74 Å². The van der Waals surface area contributed by atoms with Crippen molar-refractivity contribution in [2.45, 2.75) is 25.1 Å². The number of ether oxygens (including phenoxy) is 2. The van der Waals surface area contributed by atoms with Crippen LogP contribution in [0.3, 0.4) is 0 Å². The summed E-state index contributed by atoms with van der Waals surface area (Å²) in [6, 6.07) is 0. The summed E-state index contributed by atoms with van der Waals surface area (Å²) in [7, 11) is 0. The summed E-state index contributed by atoms with van der Waals surface area (Å²) in [5, 5.41) is 9.43. The predicted molar refractivity (Wildman–Crippen MR) is 46.1 cm³/mol. The fourth-order valence-electron chi connectivity index (χ4n) is 1.22. The molecule has 0 saturated carbocycles. The van der Waals surface area contributed by atoms with E-state index < -0.39 is 18.9 Å². The molecule has 1 unspecified atom stereocenters. The van der Waals surface area contributed by atoms with Gasteiger partial charge in [0, 0.05) is 0 Å². The second-order valence-corrected chi connectivity index (χ2v) is 3.31. The molecular formula is C9H13F3O3. The number of hydrogen-bond acceptors (Lipinski definition) is 3. The third-order valence-corrected chi connectivity index (χ3v) is 1.93. The molecule has 1 N–H and O–H groups in total. The van der Waals surface area contributed by atoms with Gasteiger partial charge in [-0.2, -0.15) is 13.2 Å². The van der Waals surface area contributed by atoms with Gasteiger partial charge in [-0.3, -0.25) is 0 Å². The maximum Gasteiger partial charge on any atom is 0.411 e. The Morgan fingerprint density at radius 3 is 2.80 bits per heavy atom. The van der Waals surface area contributed by atoms with Gasteiger partial charge in [-0.25, -0.2) is 0 Å². The van der Waals surface area contributed by atoms with E-state index in [1.54, 1.807) is 0 Å². The molecule has 1 aliphatic heterocycles. The van der Waals surface area contributed by atoms with Crippen LogP contribution in [0.15, 0.2) is 11.8 Å². The zero-order chi connectivity index (χ0) is 11.3. The second kappa shape index (κ2) is 5.37. The van der Waals surface area contributed by atoms with Crippen molar-refractivity contribution in [1.82, 2.24) is 0 Å². The first-order chi connectivity index (χ1) is 6.99. The fourth-order valence-corrected chi connectivity index (χ4v) is 1.22. The quantitative estimate of drug-likeness (QED) is 0.791. The van der Waals surface area contributed by atoms with E-state index in [0.717, 1.165) is 6.42 Å². The molecule has 0 bridgehead atoms. The molecule has 0 aliphatic carbocycles. The van der Waals surface area contributed by atoms with Crippen LogP contribution in [0.1, 0.15) is 12.8 Å². The zero-order valence-corrected chi connectivity index (χ0v) is 8.09. The minimum Gasteiger partial charge on any atom is -0.501 e. The van der Waals surface area contributed by atoms with Gasteiger partial charge in [0.15, 0.2) is 0 Å². The molecule has 0 aromatic heterocycles. The highest BCUT2D eigenvalue weighted by Gasteiger charge is 2.28. The van der Waals surface area contributed by atoms with Gasteiger partial charge in [0.2, 0.25) is 0 Å². The third-order valence-electron chi connectivity index (χ3n) is 1.93. The van der Waals surface area contributed by atoms with Gasteiger partial charge in [0.1, 0.15) is 12.7 Å². The van der Waals surface area contributed by atoms with Gasteiger partial charge in [0.05, 0.1) is 19.5 Å². The summed E-state index contributed by atoms with van der Waals surface area (Å²) in [6.45, 7) is -1.10. The van der Waals surface area contributed by atoms with E-state index in [9.17, 15) is 18.3 Å². The molecule has 0 spiro atoms. The summed E-state index contributed by atoms with van der Waals surface area (Å²) in [6.07, 6.45) is -2.56. The topological polar surface area (TPSA) is 38.7 Å². The molecule has 0 aromatic carbocycles. The van der Waals surface area contributed by atoms with Crippen LogP contribution in [0.25, 0.3) is 0 Å². The Morgan fingerprint density at radius 2 is 2.27 bits per heavy atom. The van der Waals surface area contributed by atoms with Crippen molar-refractivity contribution >= 4 is 0 Å². The number of aliphatic hydroxyl groups is 1. The van der Waals surface area contributed by atoms with E-state index in [4.69, 9.17) is 4.74 Å². The normalized spacial score (nSPS) is 19.3. The zero-order valence-electron chi connectivity index (χ0n) is 8.09. The summed E-state index contributed by atoms with van der Waals surface area (Å²) in [5.41, 5.74) is 0.587. The van der Waals surface area contributed by atoms with Crippen molar-refractivity contribution in [3.63, 3.8) is 0 Å². The van der Waals surface area contributed by atoms with E-state index in [1.807, 2.05) is 0 Å². The molecule has 15 heavy (non-hydrogen) atoms.